The second-order valence-electron chi connectivity index (χ2n) is 3.22. The van der Waals surface area contributed by atoms with E-state index in [0.29, 0.717) is 5.56 Å². The van der Waals surface area contributed by atoms with E-state index in [2.05, 4.69) is 5.32 Å². The van der Waals surface area contributed by atoms with Crippen molar-refractivity contribution in [1.82, 2.24) is 5.32 Å². The van der Waals surface area contributed by atoms with Gasteiger partial charge in [0.1, 0.15) is 0 Å². The lowest BCUT2D eigenvalue weighted by Crippen LogP contribution is -2.29. The van der Waals surface area contributed by atoms with Crippen molar-refractivity contribution in [2.45, 2.75) is 6.92 Å². The fraction of sp³-hybridized carbons (Fsp3) is 0.273. The van der Waals surface area contributed by atoms with Gasteiger partial charge in [-0.1, -0.05) is 17.7 Å². The largest absolute Gasteiger partial charge is 0.345 e. The highest BCUT2D eigenvalue weighted by Crippen LogP contribution is 2.02. The topological polar surface area (TPSA) is 46.2 Å². The molecule has 0 aliphatic heterocycles. The van der Waals surface area contributed by atoms with Gasteiger partial charge in [-0.05, 0) is 19.1 Å². The Kier molecular flexibility index (Phi) is 4.31. The Hall–Kier alpha value is -1.35. The van der Waals surface area contributed by atoms with E-state index in [9.17, 15) is 9.59 Å². The molecule has 0 bridgehead atoms. The molecule has 15 heavy (non-hydrogen) atoms. The molecule has 0 heterocycles. The summed E-state index contributed by atoms with van der Waals surface area (Å²) < 4.78 is 0. The van der Waals surface area contributed by atoms with E-state index in [-0.39, 0.29) is 24.1 Å². The summed E-state index contributed by atoms with van der Waals surface area (Å²) in [4.78, 5) is 22.3. The van der Waals surface area contributed by atoms with Crippen molar-refractivity contribution in [3.63, 3.8) is 0 Å². The minimum absolute atomic E-state index is 0.0176. The van der Waals surface area contributed by atoms with Crippen LogP contribution in [0.1, 0.15) is 15.9 Å². The number of benzene rings is 1. The first-order valence-electron chi connectivity index (χ1n) is 4.56. The van der Waals surface area contributed by atoms with Gasteiger partial charge in [0, 0.05) is 5.56 Å². The van der Waals surface area contributed by atoms with Crippen molar-refractivity contribution in [2.75, 3.05) is 12.4 Å². The van der Waals surface area contributed by atoms with Gasteiger partial charge in [0.15, 0.2) is 5.78 Å². The van der Waals surface area contributed by atoms with Crippen LogP contribution in [0.25, 0.3) is 0 Å². The lowest BCUT2D eigenvalue weighted by molar-refractivity contribution is -0.115. The summed E-state index contributed by atoms with van der Waals surface area (Å²) in [6.45, 7) is 1.93. The van der Waals surface area contributed by atoms with Crippen molar-refractivity contribution < 1.29 is 9.59 Å². The van der Waals surface area contributed by atoms with E-state index < -0.39 is 0 Å². The number of carbonyl (C=O) groups excluding carboxylic acids is 2. The summed E-state index contributed by atoms with van der Waals surface area (Å²) in [6, 6.07) is 7.13. The summed E-state index contributed by atoms with van der Waals surface area (Å²) in [5.74, 6) is -0.528. The zero-order chi connectivity index (χ0) is 11.3. The molecular formula is C11H12ClNO2. The van der Waals surface area contributed by atoms with Crippen LogP contribution in [-0.4, -0.2) is 24.1 Å². The number of ketones is 1. The van der Waals surface area contributed by atoms with E-state index in [0.717, 1.165) is 5.56 Å². The summed E-state index contributed by atoms with van der Waals surface area (Å²) >= 11 is 5.30. The van der Waals surface area contributed by atoms with E-state index in [1.807, 2.05) is 19.1 Å². The molecule has 0 aliphatic rings. The Labute approximate surface area is 93.4 Å². The lowest BCUT2D eigenvalue weighted by Gasteiger charge is -2.03. The second kappa shape index (κ2) is 5.51. The molecule has 3 nitrogen and oxygen atoms in total. The number of rotatable bonds is 4. The first-order chi connectivity index (χ1) is 7.13. The van der Waals surface area contributed by atoms with E-state index in [1.165, 1.54) is 0 Å². The summed E-state index contributed by atoms with van der Waals surface area (Å²) in [6.07, 6.45) is 0. The zero-order valence-corrected chi connectivity index (χ0v) is 9.17. The van der Waals surface area contributed by atoms with Gasteiger partial charge < -0.3 is 5.32 Å². The monoisotopic (exact) mass is 225 g/mol. The Bertz CT molecular complexity index is 359. The quantitative estimate of drug-likeness (QED) is 0.790. The first kappa shape index (κ1) is 11.7. The van der Waals surface area contributed by atoms with E-state index in [4.69, 9.17) is 11.6 Å². The van der Waals surface area contributed by atoms with Crippen LogP contribution in [0.2, 0.25) is 0 Å². The fourth-order valence-electron chi connectivity index (χ4n) is 1.03. The number of hydrogen-bond donors (Lipinski definition) is 1. The molecule has 4 heteroatoms. The molecule has 0 saturated carbocycles. The normalized spacial score (nSPS) is 9.73. The van der Waals surface area contributed by atoms with Crippen LogP contribution in [0.5, 0.6) is 0 Å². The summed E-state index contributed by atoms with van der Waals surface area (Å²) in [5.41, 5.74) is 1.63. The lowest BCUT2D eigenvalue weighted by atomic mass is 10.1. The molecule has 0 aromatic heterocycles. The highest BCUT2D eigenvalue weighted by molar-refractivity contribution is 6.28. The number of aryl methyl sites for hydroxylation is 1. The van der Waals surface area contributed by atoms with Crippen LogP contribution < -0.4 is 5.32 Å². The van der Waals surface area contributed by atoms with Crippen molar-refractivity contribution in [3.05, 3.63) is 35.4 Å². The number of amides is 1. The number of carbonyl (C=O) groups is 2. The molecule has 0 fully saturated rings. The molecule has 0 saturated heterocycles. The zero-order valence-electron chi connectivity index (χ0n) is 8.42. The second-order valence-corrected chi connectivity index (χ2v) is 3.49. The molecule has 80 valence electrons. The molecule has 1 N–H and O–H groups in total. The van der Waals surface area contributed by atoms with Gasteiger partial charge in [0.25, 0.3) is 5.91 Å². The average molecular weight is 226 g/mol. The molecule has 1 aromatic rings. The van der Waals surface area contributed by atoms with Crippen LogP contribution in [-0.2, 0) is 4.79 Å². The van der Waals surface area contributed by atoms with Crippen LogP contribution in [0.3, 0.4) is 0 Å². The van der Waals surface area contributed by atoms with Crippen molar-refractivity contribution >= 4 is 23.3 Å². The predicted molar refractivity (Wildman–Crippen MR) is 59.2 cm³/mol. The predicted octanol–water partition coefficient (Wildman–Crippen LogP) is 1.53. The number of halogens is 1. The average Bonchev–Trinajstić information content (AvgIpc) is 2.26. The molecule has 1 rings (SSSR count). The van der Waals surface area contributed by atoms with Crippen molar-refractivity contribution in [3.8, 4) is 0 Å². The summed E-state index contributed by atoms with van der Waals surface area (Å²) in [7, 11) is 0. The Morgan fingerprint density at radius 3 is 2.40 bits per heavy atom. The van der Waals surface area contributed by atoms with Gasteiger partial charge >= 0.3 is 0 Å². The van der Waals surface area contributed by atoms with Crippen LogP contribution in [0.4, 0.5) is 0 Å². The summed E-state index contributed by atoms with van der Waals surface area (Å²) in [5, 5.41) is 2.50. The van der Waals surface area contributed by atoms with Gasteiger partial charge in [0.05, 0.1) is 12.4 Å². The molecule has 1 amide bonds. The standard InChI is InChI=1S/C11H12ClNO2/c1-8-2-4-9(5-3-8)11(15)13-7-10(14)6-12/h2-5H,6-7H2,1H3,(H,13,15). The third-order valence-electron chi connectivity index (χ3n) is 1.91. The van der Waals surface area contributed by atoms with Gasteiger partial charge in [0.2, 0.25) is 0 Å². The number of Topliss-reactive ketones (excluding diaryl/α,β-unsaturated/α-hetero) is 1. The molecule has 1 aromatic carbocycles. The van der Waals surface area contributed by atoms with E-state index in [1.54, 1.807) is 12.1 Å². The number of nitrogens with one attached hydrogen (secondary N) is 1. The van der Waals surface area contributed by atoms with Gasteiger partial charge in [-0.3, -0.25) is 9.59 Å². The first-order valence-corrected chi connectivity index (χ1v) is 5.09. The smallest absolute Gasteiger partial charge is 0.251 e. The van der Waals surface area contributed by atoms with E-state index >= 15 is 0 Å². The molecule has 0 spiro atoms. The molecule has 0 unspecified atom stereocenters. The Morgan fingerprint density at radius 1 is 1.27 bits per heavy atom. The minimum Gasteiger partial charge on any atom is -0.345 e. The highest BCUT2D eigenvalue weighted by atomic mass is 35.5. The molecule has 0 aliphatic carbocycles. The third kappa shape index (κ3) is 3.72. The maximum atomic E-state index is 11.5. The molecular weight excluding hydrogens is 214 g/mol. The van der Waals surface area contributed by atoms with Gasteiger partial charge in [-0.2, -0.15) is 0 Å². The number of alkyl halides is 1. The fourth-order valence-corrected chi connectivity index (χ4v) is 1.13. The number of hydrogen-bond acceptors (Lipinski definition) is 2. The van der Waals surface area contributed by atoms with Gasteiger partial charge in [-0.15, -0.1) is 11.6 Å². The molecule has 0 atom stereocenters. The highest BCUT2D eigenvalue weighted by Gasteiger charge is 2.06. The maximum Gasteiger partial charge on any atom is 0.251 e. The SMILES string of the molecule is Cc1ccc(C(=O)NCC(=O)CCl)cc1. The third-order valence-corrected chi connectivity index (χ3v) is 2.21. The maximum absolute atomic E-state index is 11.5. The van der Waals surface area contributed by atoms with Crippen molar-refractivity contribution in [2.24, 2.45) is 0 Å². The van der Waals surface area contributed by atoms with Crippen LogP contribution >= 0.6 is 11.6 Å². The van der Waals surface area contributed by atoms with Crippen LogP contribution in [0.15, 0.2) is 24.3 Å². The Morgan fingerprint density at radius 2 is 1.87 bits per heavy atom. The minimum atomic E-state index is -0.256. The van der Waals surface area contributed by atoms with Gasteiger partial charge in [-0.25, -0.2) is 0 Å². The molecule has 0 radical (unpaired) electrons. The van der Waals surface area contributed by atoms with Crippen molar-refractivity contribution in [1.29, 1.82) is 0 Å². The van der Waals surface area contributed by atoms with Crippen LogP contribution in [0, 0.1) is 6.92 Å². The Balaban J connectivity index is 2.54.